The molecule has 1 unspecified atom stereocenters. The topological polar surface area (TPSA) is 48.9 Å². The van der Waals surface area contributed by atoms with Gasteiger partial charge in [0.1, 0.15) is 5.75 Å². The number of hydrogen-bond acceptors (Lipinski definition) is 3. The molecular formula is C20H35IN4O. The fourth-order valence-electron chi connectivity index (χ4n) is 3.16. The van der Waals surface area contributed by atoms with Crippen LogP contribution >= 0.6 is 24.0 Å². The Hall–Kier alpha value is -1.02. The number of hydrogen-bond donors (Lipinski definition) is 2. The van der Waals surface area contributed by atoms with Crippen molar-refractivity contribution in [3.8, 4) is 5.75 Å². The molecule has 0 bridgehead atoms. The van der Waals surface area contributed by atoms with Crippen molar-refractivity contribution < 1.29 is 4.74 Å². The van der Waals surface area contributed by atoms with Crippen molar-refractivity contribution in [3.63, 3.8) is 0 Å². The lowest BCUT2D eigenvalue weighted by Crippen LogP contribution is -2.40. The van der Waals surface area contributed by atoms with E-state index in [1.807, 2.05) is 6.07 Å². The molecule has 1 aliphatic rings. The monoisotopic (exact) mass is 474 g/mol. The molecular weight excluding hydrogens is 439 g/mol. The largest absolute Gasteiger partial charge is 0.496 e. The normalized spacial score (nSPS) is 15.4. The van der Waals surface area contributed by atoms with Crippen LogP contribution in [-0.4, -0.2) is 57.7 Å². The number of methoxy groups -OCH3 is 1. The number of likely N-dealkylation sites (N-methyl/N-ethyl adjacent to an activating group) is 1. The van der Waals surface area contributed by atoms with Crippen LogP contribution in [0.25, 0.3) is 0 Å². The van der Waals surface area contributed by atoms with Crippen molar-refractivity contribution in [1.29, 1.82) is 0 Å². The van der Waals surface area contributed by atoms with Crippen LogP contribution in [0.2, 0.25) is 0 Å². The fraction of sp³-hybridized carbons (Fsp3) is 0.650. The third-order valence-electron chi connectivity index (χ3n) is 4.73. The number of aryl methyl sites for hydroxylation is 1. The van der Waals surface area contributed by atoms with Gasteiger partial charge in [0.2, 0.25) is 0 Å². The van der Waals surface area contributed by atoms with Crippen LogP contribution < -0.4 is 15.4 Å². The third-order valence-corrected chi connectivity index (χ3v) is 4.73. The Morgan fingerprint density at radius 3 is 2.62 bits per heavy atom. The van der Waals surface area contributed by atoms with E-state index in [9.17, 15) is 0 Å². The molecule has 26 heavy (non-hydrogen) atoms. The van der Waals surface area contributed by atoms with Crippen molar-refractivity contribution in [2.45, 2.75) is 39.2 Å². The molecule has 6 heteroatoms. The molecule has 0 heterocycles. The van der Waals surface area contributed by atoms with Crippen LogP contribution in [0.15, 0.2) is 23.2 Å². The number of guanidine groups is 1. The smallest absolute Gasteiger partial charge is 0.191 e. The number of nitrogens with one attached hydrogen (secondary N) is 2. The van der Waals surface area contributed by atoms with Gasteiger partial charge < -0.3 is 20.3 Å². The quantitative estimate of drug-likeness (QED) is 0.328. The average Bonchev–Trinajstić information content (AvgIpc) is 3.40. The minimum atomic E-state index is 0. The summed E-state index contributed by atoms with van der Waals surface area (Å²) in [6, 6.07) is 6.87. The van der Waals surface area contributed by atoms with Crippen LogP contribution in [0.3, 0.4) is 0 Å². The standard InChI is InChI=1S/C20H34N4O.HI/c1-6-21-20(23-14-18(24(3)4)16-8-9-16)22-12-11-17-13-15(2)7-10-19(17)25-5;/h7,10,13,16,18H,6,8-9,11-12,14H2,1-5H3,(H2,21,22,23);1H. The Morgan fingerprint density at radius 2 is 2.04 bits per heavy atom. The molecule has 0 aromatic heterocycles. The molecule has 2 rings (SSSR count). The van der Waals surface area contributed by atoms with E-state index in [0.29, 0.717) is 6.04 Å². The number of nitrogens with zero attached hydrogens (tertiary/aromatic N) is 2. The Morgan fingerprint density at radius 1 is 1.31 bits per heavy atom. The van der Waals surface area contributed by atoms with Gasteiger partial charge in [0.05, 0.1) is 13.7 Å². The number of aliphatic imine (C=N–C) groups is 1. The summed E-state index contributed by atoms with van der Waals surface area (Å²) in [7, 11) is 6.04. The molecule has 0 spiro atoms. The van der Waals surface area contributed by atoms with E-state index in [1.165, 1.54) is 24.0 Å². The summed E-state index contributed by atoms with van der Waals surface area (Å²) in [4.78, 5) is 7.12. The maximum absolute atomic E-state index is 5.46. The van der Waals surface area contributed by atoms with Gasteiger partial charge >= 0.3 is 0 Å². The van der Waals surface area contributed by atoms with Gasteiger partial charge in [0.25, 0.3) is 0 Å². The Kier molecular flexibility index (Phi) is 10.3. The van der Waals surface area contributed by atoms with Gasteiger partial charge in [-0.25, -0.2) is 0 Å². The highest BCUT2D eigenvalue weighted by atomic mass is 127. The van der Waals surface area contributed by atoms with Crippen molar-refractivity contribution >= 4 is 29.9 Å². The highest BCUT2D eigenvalue weighted by Crippen LogP contribution is 2.34. The maximum atomic E-state index is 5.46. The van der Waals surface area contributed by atoms with Gasteiger partial charge in [-0.05, 0) is 64.8 Å². The number of benzene rings is 1. The van der Waals surface area contributed by atoms with E-state index in [-0.39, 0.29) is 24.0 Å². The Balaban J connectivity index is 0.00000338. The predicted octanol–water partition coefficient (Wildman–Crippen LogP) is 3.06. The van der Waals surface area contributed by atoms with Crippen LogP contribution in [0, 0.1) is 12.8 Å². The molecule has 1 aromatic carbocycles. The highest BCUT2D eigenvalue weighted by Gasteiger charge is 2.32. The van der Waals surface area contributed by atoms with Crippen molar-refractivity contribution in [2.75, 3.05) is 40.8 Å². The minimum Gasteiger partial charge on any atom is -0.496 e. The van der Waals surface area contributed by atoms with Crippen molar-refractivity contribution in [3.05, 3.63) is 29.3 Å². The first-order chi connectivity index (χ1) is 12.0. The van der Waals surface area contributed by atoms with Gasteiger partial charge in [0.15, 0.2) is 5.96 Å². The van der Waals surface area contributed by atoms with E-state index in [0.717, 1.165) is 43.7 Å². The van der Waals surface area contributed by atoms with Crippen LogP contribution in [0.5, 0.6) is 5.75 Å². The highest BCUT2D eigenvalue weighted by molar-refractivity contribution is 14.0. The number of ether oxygens (including phenoxy) is 1. The second kappa shape index (κ2) is 11.6. The minimum absolute atomic E-state index is 0. The Bertz CT molecular complexity index is 571. The van der Waals surface area contributed by atoms with Gasteiger partial charge in [-0.1, -0.05) is 17.7 Å². The summed E-state index contributed by atoms with van der Waals surface area (Å²) in [5, 5.41) is 6.81. The van der Waals surface area contributed by atoms with E-state index < -0.39 is 0 Å². The fourth-order valence-corrected chi connectivity index (χ4v) is 3.16. The molecule has 1 aliphatic carbocycles. The maximum Gasteiger partial charge on any atom is 0.191 e. The zero-order valence-electron chi connectivity index (χ0n) is 16.8. The van der Waals surface area contributed by atoms with Crippen LogP contribution in [0.4, 0.5) is 0 Å². The van der Waals surface area contributed by atoms with Crippen LogP contribution in [-0.2, 0) is 6.42 Å². The van der Waals surface area contributed by atoms with E-state index in [4.69, 9.17) is 9.73 Å². The zero-order chi connectivity index (χ0) is 18.2. The van der Waals surface area contributed by atoms with E-state index in [1.54, 1.807) is 7.11 Å². The lowest BCUT2D eigenvalue weighted by molar-refractivity contribution is 0.271. The first-order valence-corrected chi connectivity index (χ1v) is 9.37. The number of halogens is 1. The molecule has 0 amide bonds. The van der Waals surface area contributed by atoms with Crippen LogP contribution in [0.1, 0.15) is 30.9 Å². The molecule has 0 radical (unpaired) electrons. The summed E-state index contributed by atoms with van der Waals surface area (Å²) in [6.45, 7) is 6.77. The summed E-state index contributed by atoms with van der Waals surface area (Å²) in [6.07, 6.45) is 3.60. The summed E-state index contributed by atoms with van der Waals surface area (Å²) in [5.74, 6) is 2.68. The molecule has 0 aliphatic heterocycles. The van der Waals surface area contributed by atoms with Gasteiger partial charge in [-0.2, -0.15) is 0 Å². The van der Waals surface area contributed by atoms with Crippen molar-refractivity contribution in [2.24, 2.45) is 10.9 Å². The summed E-state index contributed by atoms with van der Waals surface area (Å²) >= 11 is 0. The molecule has 1 aromatic rings. The first kappa shape index (κ1) is 23.0. The molecule has 1 saturated carbocycles. The molecule has 1 atom stereocenters. The lowest BCUT2D eigenvalue weighted by Gasteiger charge is -2.23. The summed E-state index contributed by atoms with van der Waals surface area (Å²) in [5.41, 5.74) is 2.49. The Labute approximate surface area is 176 Å². The molecule has 5 nitrogen and oxygen atoms in total. The first-order valence-electron chi connectivity index (χ1n) is 9.37. The van der Waals surface area contributed by atoms with Crippen molar-refractivity contribution in [1.82, 2.24) is 15.5 Å². The molecule has 2 N–H and O–H groups in total. The lowest BCUT2D eigenvalue weighted by atomic mass is 10.1. The van der Waals surface area contributed by atoms with E-state index >= 15 is 0 Å². The van der Waals surface area contributed by atoms with E-state index in [2.05, 4.69) is 55.6 Å². The van der Waals surface area contributed by atoms with Gasteiger partial charge in [-0.15, -0.1) is 24.0 Å². The zero-order valence-corrected chi connectivity index (χ0v) is 19.2. The summed E-state index contributed by atoms with van der Waals surface area (Å²) < 4.78 is 5.46. The average molecular weight is 474 g/mol. The second-order valence-corrected chi connectivity index (χ2v) is 7.08. The second-order valence-electron chi connectivity index (χ2n) is 7.08. The van der Waals surface area contributed by atoms with Gasteiger partial charge in [0, 0.05) is 19.1 Å². The SMILES string of the molecule is CCNC(=NCC(C1CC1)N(C)C)NCCc1cc(C)ccc1OC.I. The molecule has 1 fully saturated rings. The third kappa shape index (κ3) is 7.31. The predicted molar refractivity (Wildman–Crippen MR) is 121 cm³/mol. The van der Waals surface area contributed by atoms with Gasteiger partial charge in [-0.3, -0.25) is 4.99 Å². The molecule has 148 valence electrons. The number of rotatable bonds is 9. The molecule has 0 saturated heterocycles.